The molecule has 0 heterocycles. The van der Waals surface area contributed by atoms with E-state index in [2.05, 4.69) is 0 Å². The molecule has 1 unspecified atom stereocenters. The first-order chi connectivity index (χ1) is 8.33. The number of nitrogens with zero attached hydrogens (tertiary/aromatic N) is 2. The lowest BCUT2D eigenvalue weighted by molar-refractivity contribution is -0.140. The van der Waals surface area contributed by atoms with Crippen molar-refractivity contribution in [2.24, 2.45) is 11.5 Å². The predicted octanol–water partition coefficient (Wildman–Crippen LogP) is -1.48. The summed E-state index contributed by atoms with van der Waals surface area (Å²) in [5.74, 6) is -1.25. The van der Waals surface area contributed by atoms with E-state index in [1.165, 1.54) is 11.9 Å². The molecule has 3 amide bonds. The van der Waals surface area contributed by atoms with E-state index >= 15 is 0 Å². The van der Waals surface area contributed by atoms with Gasteiger partial charge in [-0.05, 0) is 13.8 Å². The molecule has 0 aromatic carbocycles. The molecule has 0 bridgehead atoms. The summed E-state index contributed by atoms with van der Waals surface area (Å²) in [5, 5.41) is 0. The van der Waals surface area contributed by atoms with Crippen molar-refractivity contribution >= 4 is 17.7 Å². The molecule has 0 saturated heterocycles. The van der Waals surface area contributed by atoms with E-state index in [9.17, 15) is 14.4 Å². The summed E-state index contributed by atoms with van der Waals surface area (Å²) in [5.41, 5.74) is 10.5. The van der Waals surface area contributed by atoms with Crippen LogP contribution in [0.1, 0.15) is 20.3 Å². The van der Waals surface area contributed by atoms with Crippen LogP contribution < -0.4 is 11.5 Å². The summed E-state index contributed by atoms with van der Waals surface area (Å²) in [6, 6.07) is -0.989. The molecular formula is C11H22N4O3. The van der Waals surface area contributed by atoms with Crippen molar-refractivity contribution < 1.29 is 14.4 Å². The molecule has 0 aliphatic carbocycles. The molecule has 7 nitrogen and oxygen atoms in total. The fraction of sp³-hybridized carbons (Fsp3) is 0.727. The maximum absolute atomic E-state index is 11.8. The Morgan fingerprint density at radius 1 is 1.17 bits per heavy atom. The highest BCUT2D eigenvalue weighted by atomic mass is 16.2. The number of hydrogen-bond acceptors (Lipinski definition) is 4. The second-order valence-electron chi connectivity index (χ2n) is 4.04. The predicted molar refractivity (Wildman–Crippen MR) is 67.4 cm³/mol. The smallest absolute Gasteiger partial charge is 0.242 e. The number of amides is 3. The topological polar surface area (TPSA) is 110 Å². The maximum atomic E-state index is 11.8. The monoisotopic (exact) mass is 258 g/mol. The molecule has 0 saturated carbocycles. The third-order valence-electron chi connectivity index (χ3n) is 2.60. The van der Waals surface area contributed by atoms with Gasteiger partial charge >= 0.3 is 0 Å². The Labute approximate surface area is 107 Å². The van der Waals surface area contributed by atoms with Gasteiger partial charge in [0, 0.05) is 20.1 Å². The highest BCUT2D eigenvalue weighted by Crippen LogP contribution is 1.97. The van der Waals surface area contributed by atoms with Crippen LogP contribution >= 0.6 is 0 Å². The van der Waals surface area contributed by atoms with Crippen molar-refractivity contribution in [3.63, 3.8) is 0 Å². The van der Waals surface area contributed by atoms with Crippen molar-refractivity contribution in [1.82, 2.24) is 9.80 Å². The largest absolute Gasteiger partial charge is 0.370 e. The van der Waals surface area contributed by atoms with Crippen molar-refractivity contribution in [2.45, 2.75) is 26.3 Å². The third kappa shape index (κ3) is 5.13. The standard InChI is InChI=1S/C11H22N4O3/c1-4-15(5-2)10(17)7-14(3)11(18)8(12)6-9(13)16/h8H,4-7,12H2,1-3H3,(H2,13,16). The summed E-state index contributed by atoms with van der Waals surface area (Å²) in [6.07, 6.45) is -0.220. The molecule has 104 valence electrons. The molecular weight excluding hydrogens is 236 g/mol. The maximum Gasteiger partial charge on any atom is 0.242 e. The van der Waals surface area contributed by atoms with Crippen LogP contribution in [0, 0.1) is 0 Å². The van der Waals surface area contributed by atoms with Gasteiger partial charge in [-0.2, -0.15) is 0 Å². The van der Waals surface area contributed by atoms with Crippen LogP contribution in [0.25, 0.3) is 0 Å². The van der Waals surface area contributed by atoms with Gasteiger partial charge in [0.1, 0.15) is 0 Å². The number of rotatable bonds is 7. The minimum Gasteiger partial charge on any atom is -0.370 e. The number of likely N-dealkylation sites (N-methyl/N-ethyl adjacent to an activating group) is 2. The number of carbonyl (C=O) groups excluding carboxylic acids is 3. The SMILES string of the molecule is CCN(CC)C(=O)CN(C)C(=O)C(N)CC(N)=O. The van der Waals surface area contributed by atoms with Crippen LogP contribution in [0.2, 0.25) is 0 Å². The van der Waals surface area contributed by atoms with Crippen LogP contribution in [0.4, 0.5) is 0 Å². The van der Waals surface area contributed by atoms with Crippen molar-refractivity contribution in [3.05, 3.63) is 0 Å². The lowest BCUT2D eigenvalue weighted by atomic mass is 10.2. The van der Waals surface area contributed by atoms with Crippen LogP contribution in [0.3, 0.4) is 0 Å². The van der Waals surface area contributed by atoms with Crippen molar-refractivity contribution in [3.8, 4) is 0 Å². The Morgan fingerprint density at radius 3 is 2.06 bits per heavy atom. The van der Waals surface area contributed by atoms with Gasteiger partial charge in [-0.1, -0.05) is 0 Å². The van der Waals surface area contributed by atoms with E-state index in [-0.39, 0.29) is 18.9 Å². The van der Waals surface area contributed by atoms with E-state index in [1.54, 1.807) is 4.90 Å². The molecule has 1 atom stereocenters. The van der Waals surface area contributed by atoms with Crippen LogP contribution in [0.15, 0.2) is 0 Å². The van der Waals surface area contributed by atoms with E-state index in [4.69, 9.17) is 11.5 Å². The summed E-state index contributed by atoms with van der Waals surface area (Å²) in [6.45, 7) is 4.85. The molecule has 18 heavy (non-hydrogen) atoms. The van der Waals surface area contributed by atoms with E-state index in [0.29, 0.717) is 13.1 Å². The van der Waals surface area contributed by atoms with Gasteiger partial charge in [-0.3, -0.25) is 14.4 Å². The summed E-state index contributed by atoms with van der Waals surface area (Å²) < 4.78 is 0. The lowest BCUT2D eigenvalue weighted by Gasteiger charge is -2.24. The minimum atomic E-state index is -0.989. The third-order valence-corrected chi connectivity index (χ3v) is 2.60. The Balaban J connectivity index is 4.39. The Morgan fingerprint density at radius 2 is 1.67 bits per heavy atom. The van der Waals surface area contributed by atoms with Gasteiger partial charge in [0.2, 0.25) is 17.7 Å². The van der Waals surface area contributed by atoms with Crippen molar-refractivity contribution in [2.75, 3.05) is 26.7 Å². The highest BCUT2D eigenvalue weighted by molar-refractivity contribution is 5.90. The zero-order chi connectivity index (χ0) is 14.3. The van der Waals surface area contributed by atoms with Crippen molar-refractivity contribution in [1.29, 1.82) is 0 Å². The Hall–Kier alpha value is -1.63. The van der Waals surface area contributed by atoms with E-state index in [1.807, 2.05) is 13.8 Å². The van der Waals surface area contributed by atoms with Crippen LogP contribution in [-0.2, 0) is 14.4 Å². The minimum absolute atomic E-state index is 0.0486. The molecule has 0 rings (SSSR count). The Kier molecular flexibility index (Phi) is 6.96. The number of nitrogens with two attached hydrogens (primary N) is 2. The lowest BCUT2D eigenvalue weighted by Crippen LogP contribution is -2.48. The van der Waals surface area contributed by atoms with Gasteiger partial charge in [0.05, 0.1) is 19.0 Å². The summed E-state index contributed by atoms with van der Waals surface area (Å²) in [4.78, 5) is 37.0. The van der Waals surface area contributed by atoms with Crippen LogP contribution in [-0.4, -0.2) is 60.2 Å². The summed E-state index contributed by atoms with van der Waals surface area (Å²) >= 11 is 0. The average Bonchev–Trinajstić information content (AvgIpc) is 2.28. The summed E-state index contributed by atoms with van der Waals surface area (Å²) in [7, 11) is 1.48. The first kappa shape index (κ1) is 16.4. The van der Waals surface area contributed by atoms with Gasteiger partial charge < -0.3 is 21.3 Å². The molecule has 0 spiro atoms. The fourth-order valence-corrected chi connectivity index (χ4v) is 1.54. The van der Waals surface area contributed by atoms with Crippen LogP contribution in [0.5, 0.6) is 0 Å². The molecule has 0 aliphatic heterocycles. The normalized spacial score (nSPS) is 11.8. The molecule has 0 aliphatic rings. The molecule has 0 aromatic heterocycles. The number of carbonyl (C=O) groups is 3. The fourth-order valence-electron chi connectivity index (χ4n) is 1.54. The van der Waals surface area contributed by atoms with Gasteiger partial charge in [0.25, 0.3) is 0 Å². The second kappa shape index (κ2) is 7.65. The van der Waals surface area contributed by atoms with E-state index < -0.39 is 17.9 Å². The Bertz CT molecular complexity index is 315. The first-order valence-electron chi connectivity index (χ1n) is 5.90. The van der Waals surface area contributed by atoms with Gasteiger partial charge in [-0.15, -0.1) is 0 Å². The molecule has 0 aromatic rings. The first-order valence-corrected chi connectivity index (χ1v) is 5.90. The van der Waals surface area contributed by atoms with E-state index in [0.717, 1.165) is 0 Å². The number of primary amides is 1. The van der Waals surface area contributed by atoms with Gasteiger partial charge in [0.15, 0.2) is 0 Å². The average molecular weight is 258 g/mol. The zero-order valence-electron chi connectivity index (χ0n) is 11.2. The quantitative estimate of drug-likeness (QED) is 0.580. The van der Waals surface area contributed by atoms with Gasteiger partial charge in [-0.25, -0.2) is 0 Å². The highest BCUT2D eigenvalue weighted by Gasteiger charge is 2.22. The number of hydrogen-bond donors (Lipinski definition) is 2. The zero-order valence-corrected chi connectivity index (χ0v) is 11.2. The molecule has 4 N–H and O–H groups in total. The molecule has 0 fully saturated rings. The molecule has 7 heteroatoms. The molecule has 0 radical (unpaired) electrons. The second-order valence-corrected chi connectivity index (χ2v) is 4.04.